The number of nitrogens with zero attached hydrogens (tertiary/aromatic N) is 2. The summed E-state index contributed by atoms with van der Waals surface area (Å²) >= 11 is 6.05. The highest BCUT2D eigenvalue weighted by atomic mass is 35.5. The van der Waals surface area contributed by atoms with E-state index in [4.69, 9.17) is 35.3 Å². The second-order valence-electron chi connectivity index (χ2n) is 7.81. The number of esters is 1. The fourth-order valence-electron chi connectivity index (χ4n) is 3.43. The highest BCUT2D eigenvalue weighted by Gasteiger charge is 2.42. The standard InChI is InChI=1S/C22H24ClF3N2O6/c1-21(2)33-11-14(34-21)9-28-18(23)17(22(24,25)26)19(27-28)32-10-13-7-5-6-8-15(13)16(12-30-3)20(29)31-4/h5-8,12,14H,9-11H2,1-4H3/b16-12+. The van der Waals surface area contributed by atoms with E-state index in [0.717, 1.165) is 4.68 Å². The van der Waals surface area contributed by atoms with Crippen molar-refractivity contribution in [3.8, 4) is 5.88 Å². The monoisotopic (exact) mass is 504 g/mol. The molecule has 0 N–H and O–H groups in total. The Kier molecular flexibility index (Phi) is 7.79. The number of ether oxygens (including phenoxy) is 5. The zero-order valence-corrected chi connectivity index (χ0v) is 19.7. The van der Waals surface area contributed by atoms with Crippen LogP contribution in [0.5, 0.6) is 5.88 Å². The van der Waals surface area contributed by atoms with Gasteiger partial charge in [-0.05, 0) is 25.0 Å². The van der Waals surface area contributed by atoms with Crippen LogP contribution in [-0.2, 0) is 43.1 Å². The molecule has 1 aromatic heterocycles. The van der Waals surface area contributed by atoms with Crippen LogP contribution < -0.4 is 4.74 Å². The average molecular weight is 505 g/mol. The molecule has 1 aliphatic rings. The highest BCUT2D eigenvalue weighted by Crippen LogP contribution is 2.41. The zero-order valence-electron chi connectivity index (χ0n) is 18.9. The maximum Gasteiger partial charge on any atom is 0.424 e. The van der Waals surface area contributed by atoms with E-state index in [-0.39, 0.29) is 25.3 Å². The molecule has 0 aliphatic carbocycles. The van der Waals surface area contributed by atoms with E-state index >= 15 is 0 Å². The molecule has 0 bridgehead atoms. The van der Waals surface area contributed by atoms with Gasteiger partial charge in [-0.25, -0.2) is 9.48 Å². The summed E-state index contributed by atoms with van der Waals surface area (Å²) < 4.78 is 68.6. The van der Waals surface area contributed by atoms with Gasteiger partial charge >= 0.3 is 12.1 Å². The summed E-state index contributed by atoms with van der Waals surface area (Å²) in [7, 11) is 2.56. The Bertz CT molecular complexity index is 1070. The fraction of sp³-hybridized carbons (Fsp3) is 0.455. The minimum atomic E-state index is -4.82. The van der Waals surface area contributed by atoms with Gasteiger partial charge in [-0.3, -0.25) is 0 Å². The summed E-state index contributed by atoms with van der Waals surface area (Å²) in [6.45, 7) is 3.18. The summed E-state index contributed by atoms with van der Waals surface area (Å²) in [4.78, 5) is 12.2. The molecule has 0 amide bonds. The van der Waals surface area contributed by atoms with Crippen molar-refractivity contribution < 1.29 is 41.7 Å². The van der Waals surface area contributed by atoms with Gasteiger partial charge in [0.15, 0.2) is 11.4 Å². The van der Waals surface area contributed by atoms with Crippen molar-refractivity contribution in [3.05, 3.63) is 52.4 Å². The van der Waals surface area contributed by atoms with E-state index in [1.807, 2.05) is 0 Å². The predicted molar refractivity (Wildman–Crippen MR) is 115 cm³/mol. The lowest BCUT2D eigenvalue weighted by Crippen LogP contribution is -2.24. The summed E-state index contributed by atoms with van der Waals surface area (Å²) in [5, 5.41) is 3.31. The molecule has 186 valence electrons. The van der Waals surface area contributed by atoms with Gasteiger partial charge in [0.05, 0.1) is 33.6 Å². The topological polar surface area (TPSA) is 81.0 Å². The van der Waals surface area contributed by atoms with Crippen molar-refractivity contribution >= 4 is 23.1 Å². The molecule has 8 nitrogen and oxygen atoms in total. The van der Waals surface area contributed by atoms with Crippen molar-refractivity contribution in [2.45, 2.75) is 45.1 Å². The molecule has 1 aliphatic heterocycles. The van der Waals surface area contributed by atoms with E-state index in [9.17, 15) is 18.0 Å². The van der Waals surface area contributed by atoms with Crippen LogP contribution in [0.3, 0.4) is 0 Å². The summed E-state index contributed by atoms with van der Waals surface area (Å²) in [5.74, 6) is -2.23. The predicted octanol–water partition coefficient (Wildman–Crippen LogP) is 4.45. The van der Waals surface area contributed by atoms with Gasteiger partial charge < -0.3 is 23.7 Å². The normalized spacial score (nSPS) is 18.1. The Labute approximate surface area is 199 Å². The molecule has 1 aromatic carbocycles. The quantitative estimate of drug-likeness (QED) is 0.298. The van der Waals surface area contributed by atoms with E-state index in [2.05, 4.69) is 5.10 Å². The number of carbonyl (C=O) groups excluding carboxylic acids is 1. The Balaban J connectivity index is 1.89. The van der Waals surface area contributed by atoms with Crippen LogP contribution >= 0.6 is 11.6 Å². The van der Waals surface area contributed by atoms with Crippen molar-refractivity contribution in [1.29, 1.82) is 0 Å². The molecule has 34 heavy (non-hydrogen) atoms. The molecule has 1 fully saturated rings. The van der Waals surface area contributed by atoms with Crippen LogP contribution in [0.4, 0.5) is 13.2 Å². The van der Waals surface area contributed by atoms with Crippen LogP contribution in [0.2, 0.25) is 5.15 Å². The summed E-state index contributed by atoms with van der Waals surface area (Å²) in [5.41, 5.74) is -0.353. The third-order valence-electron chi connectivity index (χ3n) is 4.90. The second-order valence-corrected chi connectivity index (χ2v) is 8.16. The molecule has 0 radical (unpaired) electrons. The van der Waals surface area contributed by atoms with Crippen LogP contribution in [0.25, 0.3) is 5.57 Å². The molecule has 1 atom stereocenters. The number of methoxy groups -OCH3 is 2. The highest BCUT2D eigenvalue weighted by molar-refractivity contribution is 6.30. The van der Waals surface area contributed by atoms with Gasteiger partial charge in [-0.15, -0.1) is 5.10 Å². The molecule has 2 heterocycles. The smallest absolute Gasteiger partial charge is 0.424 e. The van der Waals surface area contributed by atoms with E-state index in [1.165, 1.54) is 20.5 Å². The lowest BCUT2D eigenvalue weighted by molar-refractivity contribution is -0.141. The average Bonchev–Trinajstić information content (AvgIpc) is 3.28. The number of rotatable bonds is 8. The molecular formula is C22H24ClF3N2O6. The van der Waals surface area contributed by atoms with Crippen molar-refractivity contribution in [2.24, 2.45) is 0 Å². The van der Waals surface area contributed by atoms with Gasteiger partial charge in [0, 0.05) is 0 Å². The fourth-order valence-corrected chi connectivity index (χ4v) is 3.73. The van der Waals surface area contributed by atoms with Crippen molar-refractivity contribution in [2.75, 3.05) is 20.8 Å². The van der Waals surface area contributed by atoms with E-state index in [1.54, 1.807) is 38.1 Å². The first-order valence-electron chi connectivity index (χ1n) is 10.1. The second kappa shape index (κ2) is 10.2. The van der Waals surface area contributed by atoms with E-state index in [0.29, 0.717) is 11.1 Å². The first-order valence-corrected chi connectivity index (χ1v) is 10.5. The van der Waals surface area contributed by atoms with Gasteiger partial charge in [-0.2, -0.15) is 13.2 Å². The molecule has 1 unspecified atom stereocenters. The maximum absolute atomic E-state index is 13.8. The molecular weight excluding hydrogens is 481 g/mol. The van der Waals surface area contributed by atoms with Crippen LogP contribution in [0, 0.1) is 0 Å². The number of hydrogen-bond acceptors (Lipinski definition) is 7. The third-order valence-corrected chi connectivity index (χ3v) is 5.28. The lowest BCUT2D eigenvalue weighted by atomic mass is 10.0. The molecule has 3 rings (SSSR count). The Morgan fingerprint density at radius 1 is 1.32 bits per heavy atom. The van der Waals surface area contributed by atoms with Crippen molar-refractivity contribution in [1.82, 2.24) is 9.78 Å². The van der Waals surface area contributed by atoms with Gasteiger partial charge in [0.2, 0.25) is 5.88 Å². The molecule has 12 heteroatoms. The van der Waals surface area contributed by atoms with E-state index < -0.39 is 40.6 Å². The van der Waals surface area contributed by atoms with Gasteiger partial charge in [0.25, 0.3) is 0 Å². The third kappa shape index (κ3) is 5.83. The largest absolute Gasteiger partial charge is 0.503 e. The van der Waals surface area contributed by atoms with Crippen LogP contribution in [0.15, 0.2) is 30.5 Å². The molecule has 0 spiro atoms. The van der Waals surface area contributed by atoms with Crippen molar-refractivity contribution in [3.63, 3.8) is 0 Å². The Morgan fingerprint density at radius 2 is 2.03 bits per heavy atom. The van der Waals surface area contributed by atoms with Crippen LogP contribution in [0.1, 0.15) is 30.5 Å². The zero-order chi connectivity index (χ0) is 25.1. The minimum Gasteiger partial charge on any atom is -0.503 e. The first-order chi connectivity index (χ1) is 16.0. The Hall–Kier alpha value is -2.76. The lowest BCUT2D eigenvalue weighted by Gasteiger charge is -2.17. The molecule has 2 aromatic rings. The molecule has 1 saturated heterocycles. The number of benzene rings is 1. The number of carbonyl (C=O) groups is 1. The minimum absolute atomic E-state index is 0.0612. The Morgan fingerprint density at radius 3 is 2.62 bits per heavy atom. The number of alkyl halides is 3. The number of halogens is 4. The van der Waals surface area contributed by atoms with Gasteiger partial charge in [-0.1, -0.05) is 35.9 Å². The number of aromatic nitrogens is 2. The molecule has 0 saturated carbocycles. The summed E-state index contributed by atoms with van der Waals surface area (Å²) in [6, 6.07) is 6.50. The maximum atomic E-state index is 13.8. The SMILES string of the molecule is CO/C=C(/C(=O)OC)c1ccccc1COc1nn(CC2COC(C)(C)O2)c(Cl)c1C(F)(F)F. The summed E-state index contributed by atoms with van der Waals surface area (Å²) in [6.07, 6.45) is -4.17. The van der Waals surface area contributed by atoms with Crippen LogP contribution in [-0.4, -0.2) is 48.5 Å². The number of hydrogen-bond donors (Lipinski definition) is 0. The van der Waals surface area contributed by atoms with Gasteiger partial charge in [0.1, 0.15) is 23.4 Å². The first kappa shape index (κ1) is 25.9.